The quantitative estimate of drug-likeness (QED) is 0.579. The van der Waals surface area contributed by atoms with Gasteiger partial charge in [0.05, 0.1) is 12.6 Å². The van der Waals surface area contributed by atoms with Crippen LogP contribution in [-0.4, -0.2) is 49.7 Å². The topological polar surface area (TPSA) is 70.7 Å². The van der Waals surface area contributed by atoms with Gasteiger partial charge in [0, 0.05) is 19.0 Å². The van der Waals surface area contributed by atoms with Crippen molar-refractivity contribution in [2.24, 2.45) is 0 Å². The van der Waals surface area contributed by atoms with Gasteiger partial charge in [-0.25, -0.2) is 4.79 Å². The normalized spacial score (nSPS) is 23.7. The number of benzene rings is 1. The van der Waals surface area contributed by atoms with Crippen molar-refractivity contribution in [1.82, 2.24) is 15.5 Å². The maximum atomic E-state index is 12.8. The number of nitrogens with one attached hydrogen (secondary N) is 2. The third-order valence-electron chi connectivity index (χ3n) is 5.65. The Morgan fingerprint density at radius 2 is 1.96 bits per heavy atom. The fourth-order valence-corrected chi connectivity index (χ4v) is 4.30. The molecule has 2 saturated heterocycles. The highest BCUT2D eigenvalue weighted by Gasteiger charge is 2.49. The summed E-state index contributed by atoms with van der Waals surface area (Å²) in [6, 6.07) is 10.6. The maximum absolute atomic E-state index is 12.8. The molecule has 2 aliphatic heterocycles. The number of hydrogen-bond acceptors (Lipinski definition) is 4. The minimum absolute atomic E-state index is 0.0359. The third kappa shape index (κ3) is 3.85. The summed E-state index contributed by atoms with van der Waals surface area (Å²) in [7, 11) is 1.42. The Kier molecular flexibility index (Phi) is 6.14. The van der Waals surface area contributed by atoms with E-state index in [2.05, 4.69) is 27.7 Å². The first kappa shape index (κ1) is 18.7. The largest absolute Gasteiger partial charge is 0.469 e. The van der Waals surface area contributed by atoms with E-state index in [9.17, 15) is 9.59 Å². The molecule has 0 bridgehead atoms. The first-order valence-electron chi connectivity index (χ1n) is 9.57. The van der Waals surface area contributed by atoms with Crippen LogP contribution >= 0.6 is 0 Å². The molecule has 142 valence electrons. The predicted octanol–water partition coefficient (Wildman–Crippen LogP) is 2.39. The van der Waals surface area contributed by atoms with E-state index >= 15 is 0 Å². The van der Waals surface area contributed by atoms with Crippen LogP contribution < -0.4 is 10.6 Å². The van der Waals surface area contributed by atoms with Gasteiger partial charge in [0.25, 0.3) is 0 Å². The van der Waals surface area contributed by atoms with Crippen LogP contribution in [0.2, 0.25) is 0 Å². The second-order valence-electron chi connectivity index (χ2n) is 7.19. The molecule has 0 saturated carbocycles. The monoisotopic (exact) mass is 359 g/mol. The molecule has 1 unspecified atom stereocenters. The van der Waals surface area contributed by atoms with Gasteiger partial charge in [0.1, 0.15) is 0 Å². The van der Waals surface area contributed by atoms with Crippen LogP contribution in [0.3, 0.4) is 0 Å². The molecule has 2 amide bonds. The number of carbonyl (C=O) groups is 2. The highest BCUT2D eigenvalue weighted by Crippen LogP contribution is 2.40. The fourth-order valence-electron chi connectivity index (χ4n) is 4.30. The van der Waals surface area contributed by atoms with Crippen LogP contribution in [0.4, 0.5) is 4.79 Å². The van der Waals surface area contributed by atoms with Crippen molar-refractivity contribution in [2.75, 3.05) is 26.7 Å². The predicted molar refractivity (Wildman–Crippen MR) is 99.7 cm³/mol. The van der Waals surface area contributed by atoms with Crippen molar-refractivity contribution in [2.45, 2.75) is 50.1 Å². The summed E-state index contributed by atoms with van der Waals surface area (Å²) in [5.41, 5.74) is 0.839. The Balaban J connectivity index is 1.82. The van der Waals surface area contributed by atoms with Gasteiger partial charge in [-0.3, -0.25) is 4.79 Å². The smallest absolute Gasteiger partial charge is 0.318 e. The van der Waals surface area contributed by atoms with E-state index in [4.69, 9.17) is 4.74 Å². The molecular formula is C20H29N3O3. The average molecular weight is 359 g/mol. The van der Waals surface area contributed by atoms with Gasteiger partial charge in [0.15, 0.2) is 0 Å². The van der Waals surface area contributed by atoms with Crippen LogP contribution in [0.15, 0.2) is 30.3 Å². The standard InChI is InChI=1S/C20H29N3O3/c1-26-18(24)9-5-6-12-20(16-7-3-2-4-8-16)15-22-19(25)23(20)17-10-13-21-14-11-17/h2-4,7-8,17,21H,5-6,9-15H2,1H3,(H,22,25). The highest BCUT2D eigenvalue weighted by molar-refractivity contribution is 5.79. The summed E-state index contributed by atoms with van der Waals surface area (Å²) >= 11 is 0. The lowest BCUT2D eigenvalue weighted by atomic mass is 9.82. The number of rotatable bonds is 7. The number of unbranched alkanes of at least 4 members (excludes halogenated alkanes) is 1. The highest BCUT2D eigenvalue weighted by atomic mass is 16.5. The minimum Gasteiger partial charge on any atom is -0.469 e. The molecule has 26 heavy (non-hydrogen) atoms. The van der Waals surface area contributed by atoms with Crippen LogP contribution in [0.1, 0.15) is 44.1 Å². The minimum atomic E-state index is -0.337. The van der Waals surface area contributed by atoms with E-state index in [1.54, 1.807) is 0 Å². The summed E-state index contributed by atoms with van der Waals surface area (Å²) in [6.07, 6.45) is 4.87. The lowest BCUT2D eigenvalue weighted by Gasteiger charge is -2.44. The number of carbonyl (C=O) groups excluding carboxylic acids is 2. The van der Waals surface area contributed by atoms with Crippen LogP contribution in [-0.2, 0) is 15.1 Å². The zero-order valence-electron chi connectivity index (χ0n) is 15.5. The molecule has 2 aliphatic rings. The first-order valence-corrected chi connectivity index (χ1v) is 9.57. The van der Waals surface area contributed by atoms with Crippen LogP contribution in [0.25, 0.3) is 0 Å². The molecule has 6 heteroatoms. The summed E-state index contributed by atoms with van der Waals surface area (Å²) in [6.45, 7) is 2.52. The summed E-state index contributed by atoms with van der Waals surface area (Å²) in [4.78, 5) is 26.3. The molecule has 0 aromatic heterocycles. The first-order chi connectivity index (χ1) is 12.7. The number of nitrogens with zero attached hydrogens (tertiary/aromatic N) is 1. The van der Waals surface area contributed by atoms with Crippen molar-refractivity contribution in [3.63, 3.8) is 0 Å². The van der Waals surface area contributed by atoms with Gasteiger partial charge < -0.3 is 20.3 Å². The molecule has 0 aliphatic carbocycles. The Morgan fingerprint density at radius 1 is 1.23 bits per heavy atom. The average Bonchev–Trinajstić information content (AvgIpc) is 3.03. The molecule has 0 radical (unpaired) electrons. The number of methoxy groups -OCH3 is 1. The van der Waals surface area contributed by atoms with E-state index < -0.39 is 0 Å². The maximum Gasteiger partial charge on any atom is 0.318 e. The van der Waals surface area contributed by atoms with Gasteiger partial charge >= 0.3 is 12.0 Å². The molecule has 3 rings (SSSR count). The van der Waals surface area contributed by atoms with Crippen LogP contribution in [0.5, 0.6) is 0 Å². The Bertz CT molecular complexity index is 616. The molecule has 2 N–H and O–H groups in total. The fraction of sp³-hybridized carbons (Fsp3) is 0.600. The van der Waals surface area contributed by atoms with Crippen molar-refractivity contribution in [3.05, 3.63) is 35.9 Å². The second kappa shape index (κ2) is 8.54. The van der Waals surface area contributed by atoms with E-state index in [0.717, 1.165) is 45.2 Å². The lowest BCUT2D eigenvalue weighted by Crippen LogP contribution is -2.53. The van der Waals surface area contributed by atoms with E-state index in [0.29, 0.717) is 13.0 Å². The number of piperidine rings is 1. The summed E-state index contributed by atoms with van der Waals surface area (Å²) in [5, 5.41) is 6.47. The zero-order chi connectivity index (χ0) is 18.4. The Morgan fingerprint density at radius 3 is 2.65 bits per heavy atom. The lowest BCUT2D eigenvalue weighted by molar-refractivity contribution is -0.140. The zero-order valence-corrected chi connectivity index (χ0v) is 15.5. The van der Waals surface area contributed by atoms with Gasteiger partial charge in [-0.15, -0.1) is 0 Å². The SMILES string of the molecule is COC(=O)CCCCC1(c2ccccc2)CNC(=O)N1C1CCNCC1. The molecule has 2 fully saturated rings. The number of urea groups is 1. The van der Waals surface area contributed by atoms with Gasteiger partial charge in [-0.2, -0.15) is 0 Å². The Labute approximate surface area is 155 Å². The van der Waals surface area contributed by atoms with E-state index in [-0.39, 0.29) is 23.6 Å². The van der Waals surface area contributed by atoms with Gasteiger partial charge in [-0.05, 0) is 44.3 Å². The van der Waals surface area contributed by atoms with Crippen molar-refractivity contribution in [1.29, 1.82) is 0 Å². The number of hydrogen-bond donors (Lipinski definition) is 2. The molecule has 0 spiro atoms. The Hall–Kier alpha value is -2.08. The molecule has 1 aromatic rings. The van der Waals surface area contributed by atoms with E-state index in [1.807, 2.05) is 18.2 Å². The van der Waals surface area contributed by atoms with Crippen molar-refractivity contribution in [3.8, 4) is 0 Å². The molecular weight excluding hydrogens is 330 g/mol. The molecule has 1 aromatic carbocycles. The summed E-state index contributed by atoms with van der Waals surface area (Å²) < 4.78 is 4.74. The van der Waals surface area contributed by atoms with Crippen molar-refractivity contribution >= 4 is 12.0 Å². The molecule has 1 atom stereocenters. The van der Waals surface area contributed by atoms with Crippen LogP contribution in [0, 0.1) is 0 Å². The second-order valence-corrected chi connectivity index (χ2v) is 7.19. The molecule has 6 nitrogen and oxygen atoms in total. The van der Waals surface area contributed by atoms with E-state index in [1.165, 1.54) is 12.7 Å². The number of esters is 1. The van der Waals surface area contributed by atoms with Gasteiger partial charge in [0.2, 0.25) is 0 Å². The van der Waals surface area contributed by atoms with Crippen molar-refractivity contribution < 1.29 is 14.3 Å². The number of amides is 2. The molecule has 2 heterocycles. The summed E-state index contributed by atoms with van der Waals surface area (Å²) in [5.74, 6) is -0.172. The number of ether oxygens (including phenoxy) is 1. The van der Waals surface area contributed by atoms with Gasteiger partial charge in [-0.1, -0.05) is 36.8 Å². The third-order valence-corrected chi connectivity index (χ3v) is 5.65.